The highest BCUT2D eigenvalue weighted by molar-refractivity contribution is 5.79. The van der Waals surface area contributed by atoms with Gasteiger partial charge >= 0.3 is 0 Å². The molecule has 2 fully saturated rings. The highest BCUT2D eigenvalue weighted by Gasteiger charge is 2.31. The van der Waals surface area contributed by atoms with Gasteiger partial charge in [-0.1, -0.05) is 20.8 Å². The molecule has 0 aromatic rings. The van der Waals surface area contributed by atoms with E-state index in [9.17, 15) is 4.79 Å². The van der Waals surface area contributed by atoms with Crippen LogP contribution >= 0.6 is 0 Å². The van der Waals surface area contributed by atoms with Gasteiger partial charge in [-0.05, 0) is 50.4 Å². The molecule has 2 aliphatic heterocycles. The fraction of sp³-hybridized carbons (Fsp3) is 0.941. The van der Waals surface area contributed by atoms with Crippen molar-refractivity contribution in [1.82, 2.24) is 10.2 Å². The van der Waals surface area contributed by atoms with Crippen LogP contribution in [0, 0.1) is 17.3 Å². The predicted octanol–water partition coefficient (Wildman–Crippen LogP) is 3.05. The summed E-state index contributed by atoms with van der Waals surface area (Å²) in [4.78, 5) is 14.8. The van der Waals surface area contributed by atoms with Gasteiger partial charge in [0.15, 0.2) is 0 Å². The quantitative estimate of drug-likeness (QED) is 0.800. The maximum atomic E-state index is 12.7. The number of hydrogen-bond donors (Lipinski definition) is 1. The Hall–Kier alpha value is -0.570. The van der Waals surface area contributed by atoms with E-state index in [0.29, 0.717) is 17.4 Å². The zero-order valence-corrected chi connectivity index (χ0v) is 13.7. The lowest BCUT2D eigenvalue weighted by molar-refractivity contribution is -0.136. The van der Waals surface area contributed by atoms with Crippen LogP contribution < -0.4 is 5.32 Å². The Labute approximate surface area is 124 Å². The molecule has 116 valence electrons. The molecule has 0 saturated carbocycles. The largest absolute Gasteiger partial charge is 0.342 e. The summed E-state index contributed by atoms with van der Waals surface area (Å²) in [6.45, 7) is 12.0. The minimum Gasteiger partial charge on any atom is -0.342 e. The predicted molar refractivity (Wildman–Crippen MR) is 83.6 cm³/mol. The van der Waals surface area contributed by atoms with Gasteiger partial charge in [0.25, 0.3) is 0 Å². The molecule has 0 aliphatic carbocycles. The second-order valence-corrected chi connectivity index (χ2v) is 7.90. The first-order chi connectivity index (χ1) is 9.38. The van der Waals surface area contributed by atoms with Crippen molar-refractivity contribution < 1.29 is 4.79 Å². The van der Waals surface area contributed by atoms with Crippen LogP contribution in [0.25, 0.3) is 0 Å². The Kier molecular flexibility index (Phi) is 5.11. The van der Waals surface area contributed by atoms with Crippen molar-refractivity contribution in [1.29, 1.82) is 0 Å². The number of nitrogens with one attached hydrogen (secondary N) is 1. The molecule has 2 rings (SSSR count). The standard InChI is InChI=1S/C17H32N2O/c1-13-7-8-14(12-18-13)16(20)19-10-5-6-15(9-11-19)17(2,3)4/h13-15,18H,5-12H2,1-4H3. The van der Waals surface area contributed by atoms with E-state index in [0.717, 1.165) is 38.4 Å². The fourth-order valence-electron chi connectivity index (χ4n) is 3.65. The molecule has 20 heavy (non-hydrogen) atoms. The molecule has 0 bridgehead atoms. The van der Waals surface area contributed by atoms with E-state index in [4.69, 9.17) is 0 Å². The average molecular weight is 280 g/mol. The lowest BCUT2D eigenvalue weighted by Crippen LogP contribution is -2.46. The smallest absolute Gasteiger partial charge is 0.226 e. The Balaban J connectivity index is 1.88. The van der Waals surface area contributed by atoms with Crippen molar-refractivity contribution in [2.45, 2.75) is 65.8 Å². The fourth-order valence-corrected chi connectivity index (χ4v) is 3.65. The van der Waals surface area contributed by atoms with Crippen molar-refractivity contribution in [3.8, 4) is 0 Å². The third-order valence-electron chi connectivity index (χ3n) is 5.27. The zero-order valence-electron chi connectivity index (χ0n) is 13.7. The number of amides is 1. The molecule has 3 heteroatoms. The van der Waals surface area contributed by atoms with Gasteiger partial charge in [0.1, 0.15) is 0 Å². The lowest BCUT2D eigenvalue weighted by Gasteiger charge is -2.32. The topological polar surface area (TPSA) is 32.3 Å². The third kappa shape index (κ3) is 3.97. The van der Waals surface area contributed by atoms with Gasteiger partial charge < -0.3 is 10.2 Å². The van der Waals surface area contributed by atoms with E-state index in [1.165, 1.54) is 19.3 Å². The molecular formula is C17H32N2O. The van der Waals surface area contributed by atoms with Crippen molar-refractivity contribution >= 4 is 5.91 Å². The van der Waals surface area contributed by atoms with Gasteiger partial charge in [-0.3, -0.25) is 4.79 Å². The minimum absolute atomic E-state index is 0.220. The average Bonchev–Trinajstić information content (AvgIpc) is 2.64. The van der Waals surface area contributed by atoms with Crippen LogP contribution in [0.2, 0.25) is 0 Å². The highest BCUT2D eigenvalue weighted by Crippen LogP contribution is 2.34. The summed E-state index contributed by atoms with van der Waals surface area (Å²) in [6.07, 6.45) is 5.81. The van der Waals surface area contributed by atoms with Gasteiger partial charge in [0, 0.05) is 25.7 Å². The van der Waals surface area contributed by atoms with Gasteiger partial charge in [-0.2, -0.15) is 0 Å². The summed E-state index contributed by atoms with van der Waals surface area (Å²) in [5, 5.41) is 3.45. The van der Waals surface area contributed by atoms with Crippen molar-refractivity contribution in [3.63, 3.8) is 0 Å². The molecule has 0 aromatic heterocycles. The summed E-state index contributed by atoms with van der Waals surface area (Å²) in [5.41, 5.74) is 0.376. The Morgan fingerprint density at radius 2 is 1.85 bits per heavy atom. The Morgan fingerprint density at radius 1 is 1.10 bits per heavy atom. The molecule has 1 amide bonds. The number of rotatable bonds is 1. The number of nitrogens with zero attached hydrogens (tertiary/aromatic N) is 1. The summed E-state index contributed by atoms with van der Waals surface area (Å²) >= 11 is 0. The van der Waals surface area contributed by atoms with E-state index < -0.39 is 0 Å². The van der Waals surface area contributed by atoms with Crippen molar-refractivity contribution in [3.05, 3.63) is 0 Å². The number of likely N-dealkylation sites (tertiary alicyclic amines) is 1. The second-order valence-electron chi connectivity index (χ2n) is 7.90. The van der Waals surface area contributed by atoms with E-state index in [1.54, 1.807) is 0 Å². The molecule has 3 atom stereocenters. The van der Waals surface area contributed by atoms with Crippen LogP contribution in [0.3, 0.4) is 0 Å². The number of carbonyl (C=O) groups excluding carboxylic acids is 1. The van der Waals surface area contributed by atoms with Crippen LogP contribution in [0.15, 0.2) is 0 Å². The van der Waals surface area contributed by atoms with Crippen LogP contribution in [-0.4, -0.2) is 36.5 Å². The Morgan fingerprint density at radius 3 is 2.45 bits per heavy atom. The molecular weight excluding hydrogens is 248 g/mol. The van der Waals surface area contributed by atoms with Crippen LogP contribution in [0.5, 0.6) is 0 Å². The minimum atomic E-state index is 0.220. The van der Waals surface area contributed by atoms with Crippen LogP contribution in [-0.2, 0) is 4.79 Å². The molecule has 0 aromatic carbocycles. The summed E-state index contributed by atoms with van der Waals surface area (Å²) in [5.74, 6) is 1.38. The normalized spacial score (nSPS) is 32.8. The first kappa shape index (κ1) is 15.8. The van der Waals surface area contributed by atoms with E-state index in [1.807, 2.05) is 0 Å². The maximum Gasteiger partial charge on any atom is 0.226 e. The molecule has 2 heterocycles. The van der Waals surface area contributed by atoms with Crippen LogP contribution in [0.1, 0.15) is 59.8 Å². The second kappa shape index (κ2) is 6.46. The molecule has 2 aliphatic rings. The number of piperidine rings is 1. The van der Waals surface area contributed by atoms with E-state index in [-0.39, 0.29) is 5.92 Å². The van der Waals surface area contributed by atoms with Crippen molar-refractivity contribution in [2.24, 2.45) is 17.3 Å². The van der Waals surface area contributed by atoms with E-state index >= 15 is 0 Å². The molecule has 0 radical (unpaired) electrons. The summed E-state index contributed by atoms with van der Waals surface area (Å²) in [6, 6.07) is 0.577. The molecule has 2 saturated heterocycles. The molecule has 3 nitrogen and oxygen atoms in total. The Bertz CT molecular complexity index is 326. The maximum absolute atomic E-state index is 12.7. The molecule has 0 spiro atoms. The van der Waals surface area contributed by atoms with Gasteiger partial charge in [0.2, 0.25) is 5.91 Å². The van der Waals surface area contributed by atoms with Gasteiger partial charge in [0.05, 0.1) is 5.92 Å². The first-order valence-corrected chi connectivity index (χ1v) is 8.40. The third-order valence-corrected chi connectivity index (χ3v) is 5.27. The van der Waals surface area contributed by atoms with Gasteiger partial charge in [-0.25, -0.2) is 0 Å². The SMILES string of the molecule is CC1CCC(C(=O)N2CCCC(C(C)(C)C)CC2)CN1. The molecule has 1 N–H and O–H groups in total. The lowest BCUT2D eigenvalue weighted by atomic mass is 9.77. The monoisotopic (exact) mass is 280 g/mol. The van der Waals surface area contributed by atoms with Crippen molar-refractivity contribution in [2.75, 3.05) is 19.6 Å². The molecule has 3 unspecified atom stereocenters. The zero-order chi connectivity index (χ0) is 14.8. The highest BCUT2D eigenvalue weighted by atomic mass is 16.2. The van der Waals surface area contributed by atoms with Gasteiger partial charge in [-0.15, -0.1) is 0 Å². The number of hydrogen-bond acceptors (Lipinski definition) is 2. The van der Waals surface area contributed by atoms with E-state index in [2.05, 4.69) is 37.9 Å². The summed E-state index contributed by atoms with van der Waals surface area (Å²) < 4.78 is 0. The number of carbonyl (C=O) groups is 1. The first-order valence-electron chi connectivity index (χ1n) is 8.40. The summed E-state index contributed by atoms with van der Waals surface area (Å²) in [7, 11) is 0. The van der Waals surface area contributed by atoms with Crippen LogP contribution in [0.4, 0.5) is 0 Å².